The summed E-state index contributed by atoms with van der Waals surface area (Å²) in [5.74, 6) is 0.788. The van der Waals surface area contributed by atoms with Crippen LogP contribution in [0.2, 0.25) is 0 Å². The van der Waals surface area contributed by atoms with E-state index in [1.165, 1.54) is 0 Å². The van der Waals surface area contributed by atoms with Crippen LogP contribution in [0.15, 0.2) is 29.8 Å². The summed E-state index contributed by atoms with van der Waals surface area (Å²) in [6.45, 7) is 0. The molecular formula is C16H13N5. The Morgan fingerprint density at radius 3 is 2.19 bits per heavy atom. The summed E-state index contributed by atoms with van der Waals surface area (Å²) in [6.07, 6.45) is 0. The molecule has 0 amide bonds. The highest BCUT2D eigenvalue weighted by molar-refractivity contribution is 6.04. The average molecular weight is 275 g/mol. The van der Waals surface area contributed by atoms with Crippen molar-refractivity contribution in [1.29, 1.82) is 15.8 Å². The summed E-state index contributed by atoms with van der Waals surface area (Å²) in [6, 6.07) is 13.3. The van der Waals surface area contributed by atoms with Crippen molar-refractivity contribution < 1.29 is 0 Å². The number of nitriles is 3. The Morgan fingerprint density at radius 1 is 1.05 bits per heavy atom. The van der Waals surface area contributed by atoms with Gasteiger partial charge in [0.2, 0.25) is 0 Å². The third-order valence-electron chi connectivity index (χ3n) is 3.34. The fraction of sp³-hybridized carbons (Fsp3) is 0.188. The molecule has 0 N–H and O–H groups in total. The zero-order valence-electron chi connectivity index (χ0n) is 12.0. The van der Waals surface area contributed by atoms with Gasteiger partial charge in [0.25, 0.3) is 0 Å². The van der Waals surface area contributed by atoms with Gasteiger partial charge in [0.1, 0.15) is 29.6 Å². The average Bonchev–Trinajstić information content (AvgIpc) is 2.78. The van der Waals surface area contributed by atoms with Crippen LogP contribution < -0.4 is 4.90 Å². The van der Waals surface area contributed by atoms with E-state index in [0.29, 0.717) is 5.56 Å². The van der Waals surface area contributed by atoms with E-state index in [0.717, 1.165) is 16.7 Å². The number of aryl methyl sites for hydroxylation is 1. The molecule has 21 heavy (non-hydrogen) atoms. The molecule has 0 aliphatic carbocycles. The van der Waals surface area contributed by atoms with Gasteiger partial charge in [-0.05, 0) is 6.07 Å². The number of aromatic nitrogens is 1. The maximum absolute atomic E-state index is 9.45. The normalized spacial score (nSPS) is 9.52. The lowest BCUT2D eigenvalue weighted by atomic mass is 10.0. The SMILES string of the molecule is CN(C)c1c(C(C#N)=C(C#N)C#N)c2ccccc2n1C. The lowest BCUT2D eigenvalue weighted by Gasteiger charge is -2.16. The monoisotopic (exact) mass is 275 g/mol. The van der Waals surface area contributed by atoms with E-state index >= 15 is 0 Å². The number of nitrogens with zero attached hydrogens (tertiary/aromatic N) is 5. The highest BCUT2D eigenvalue weighted by atomic mass is 15.2. The topological polar surface area (TPSA) is 79.5 Å². The van der Waals surface area contributed by atoms with Crippen LogP contribution >= 0.6 is 0 Å². The van der Waals surface area contributed by atoms with Gasteiger partial charge >= 0.3 is 0 Å². The van der Waals surface area contributed by atoms with Crippen LogP contribution in [0.3, 0.4) is 0 Å². The number of fused-ring (bicyclic) bond motifs is 1. The molecule has 5 nitrogen and oxygen atoms in total. The molecule has 0 unspecified atom stereocenters. The molecule has 0 atom stereocenters. The highest BCUT2D eigenvalue weighted by Crippen LogP contribution is 2.37. The zero-order chi connectivity index (χ0) is 15.6. The van der Waals surface area contributed by atoms with E-state index in [1.54, 1.807) is 0 Å². The smallest absolute Gasteiger partial charge is 0.148 e. The van der Waals surface area contributed by atoms with E-state index in [9.17, 15) is 5.26 Å². The summed E-state index contributed by atoms with van der Waals surface area (Å²) in [5, 5.41) is 28.5. The van der Waals surface area contributed by atoms with Gasteiger partial charge < -0.3 is 9.47 Å². The first-order valence-corrected chi connectivity index (χ1v) is 6.26. The van der Waals surface area contributed by atoms with Crippen molar-refractivity contribution in [2.45, 2.75) is 0 Å². The number of para-hydroxylation sites is 1. The van der Waals surface area contributed by atoms with Crippen molar-refractivity contribution in [3.05, 3.63) is 35.4 Å². The Morgan fingerprint density at radius 2 is 1.67 bits per heavy atom. The Hall–Kier alpha value is -3.23. The lowest BCUT2D eigenvalue weighted by molar-refractivity contribution is 0.913. The van der Waals surface area contributed by atoms with E-state index in [-0.39, 0.29) is 11.1 Å². The lowest BCUT2D eigenvalue weighted by Crippen LogP contribution is -2.14. The third kappa shape index (κ3) is 2.10. The van der Waals surface area contributed by atoms with Gasteiger partial charge in [0.15, 0.2) is 0 Å². The van der Waals surface area contributed by atoms with E-state index in [2.05, 4.69) is 0 Å². The first-order chi connectivity index (χ1) is 10.1. The molecule has 0 aliphatic rings. The quantitative estimate of drug-likeness (QED) is 0.789. The maximum Gasteiger partial charge on any atom is 0.148 e. The summed E-state index contributed by atoms with van der Waals surface area (Å²) in [4.78, 5) is 1.87. The molecule has 1 aromatic carbocycles. The Labute approximate surface area is 123 Å². The predicted octanol–water partition coefficient (Wildman–Crippen LogP) is 2.57. The van der Waals surface area contributed by atoms with Crippen molar-refractivity contribution in [2.24, 2.45) is 7.05 Å². The molecule has 0 spiro atoms. The van der Waals surface area contributed by atoms with Gasteiger partial charge in [0.05, 0.1) is 11.1 Å². The Bertz CT molecular complexity index is 847. The van der Waals surface area contributed by atoms with Crippen LogP contribution in [0.25, 0.3) is 16.5 Å². The van der Waals surface area contributed by atoms with Crippen molar-refractivity contribution in [2.75, 3.05) is 19.0 Å². The standard InChI is InChI=1S/C16H13N5/c1-20(2)16-15(13(10-19)11(8-17)9-18)12-6-4-5-7-14(12)21(16)3/h4-7H,1-3H3. The molecule has 2 aromatic rings. The van der Waals surface area contributed by atoms with Crippen LogP contribution in [0.5, 0.6) is 0 Å². The number of hydrogen-bond donors (Lipinski definition) is 0. The summed E-state index contributed by atoms with van der Waals surface area (Å²) < 4.78 is 1.95. The number of rotatable bonds is 2. The van der Waals surface area contributed by atoms with E-state index < -0.39 is 0 Å². The van der Waals surface area contributed by atoms with Crippen LogP contribution in [-0.4, -0.2) is 18.7 Å². The predicted molar refractivity (Wildman–Crippen MR) is 81.0 cm³/mol. The molecule has 0 bridgehead atoms. The third-order valence-corrected chi connectivity index (χ3v) is 3.34. The first kappa shape index (κ1) is 14.2. The molecule has 0 radical (unpaired) electrons. The fourth-order valence-corrected chi connectivity index (χ4v) is 2.52. The second-order valence-corrected chi connectivity index (χ2v) is 4.75. The maximum atomic E-state index is 9.45. The molecule has 1 aromatic heterocycles. The number of anilines is 1. The number of benzene rings is 1. The first-order valence-electron chi connectivity index (χ1n) is 6.26. The molecule has 0 fully saturated rings. The minimum Gasteiger partial charge on any atom is -0.364 e. The Kier molecular flexibility index (Phi) is 3.65. The molecule has 0 saturated heterocycles. The second-order valence-electron chi connectivity index (χ2n) is 4.75. The van der Waals surface area contributed by atoms with Crippen molar-refractivity contribution >= 4 is 22.3 Å². The largest absolute Gasteiger partial charge is 0.364 e. The summed E-state index contributed by atoms with van der Waals surface area (Å²) in [5.41, 5.74) is 1.51. The van der Waals surface area contributed by atoms with Crippen LogP contribution in [0.4, 0.5) is 5.82 Å². The van der Waals surface area contributed by atoms with Gasteiger partial charge in [-0.2, -0.15) is 15.8 Å². The highest BCUT2D eigenvalue weighted by Gasteiger charge is 2.22. The van der Waals surface area contributed by atoms with Gasteiger partial charge in [0, 0.05) is 32.1 Å². The second kappa shape index (κ2) is 5.41. The minimum atomic E-state index is -0.169. The van der Waals surface area contributed by atoms with Crippen LogP contribution in [-0.2, 0) is 7.05 Å². The molecule has 0 aliphatic heterocycles. The molecule has 102 valence electrons. The molecule has 5 heteroatoms. The van der Waals surface area contributed by atoms with E-state index in [4.69, 9.17) is 10.5 Å². The Balaban J connectivity index is 3.03. The van der Waals surface area contributed by atoms with Gasteiger partial charge in [-0.15, -0.1) is 0 Å². The fourth-order valence-electron chi connectivity index (χ4n) is 2.52. The number of allylic oxidation sites excluding steroid dienone is 2. The van der Waals surface area contributed by atoms with Gasteiger partial charge in [-0.25, -0.2) is 0 Å². The molecule has 1 heterocycles. The zero-order valence-corrected chi connectivity index (χ0v) is 12.0. The minimum absolute atomic E-state index is 0.112. The van der Waals surface area contributed by atoms with Crippen LogP contribution in [0.1, 0.15) is 5.56 Å². The molecule has 0 saturated carbocycles. The van der Waals surface area contributed by atoms with E-state index in [1.807, 2.05) is 73.1 Å². The summed E-state index contributed by atoms with van der Waals surface area (Å²) in [7, 11) is 5.63. The van der Waals surface area contributed by atoms with Crippen LogP contribution in [0, 0.1) is 34.0 Å². The number of hydrogen-bond acceptors (Lipinski definition) is 4. The van der Waals surface area contributed by atoms with Crippen molar-refractivity contribution in [3.8, 4) is 18.2 Å². The summed E-state index contributed by atoms with van der Waals surface area (Å²) >= 11 is 0. The van der Waals surface area contributed by atoms with Crippen molar-refractivity contribution in [3.63, 3.8) is 0 Å². The molecular weight excluding hydrogens is 262 g/mol. The van der Waals surface area contributed by atoms with Gasteiger partial charge in [-0.1, -0.05) is 18.2 Å². The molecule has 2 rings (SSSR count). The van der Waals surface area contributed by atoms with Gasteiger partial charge in [-0.3, -0.25) is 0 Å². The van der Waals surface area contributed by atoms with Crippen molar-refractivity contribution in [1.82, 2.24) is 4.57 Å².